The summed E-state index contributed by atoms with van der Waals surface area (Å²) in [7, 11) is 0. The largest absolute Gasteiger partial charge is 0.449 e. The Morgan fingerprint density at radius 2 is 1.67 bits per heavy atom. The summed E-state index contributed by atoms with van der Waals surface area (Å²) in [6, 6.07) is 16.7. The Bertz CT molecular complexity index is 665. The van der Waals surface area contributed by atoms with Crippen molar-refractivity contribution in [2.75, 3.05) is 13.2 Å². The highest BCUT2D eigenvalue weighted by Gasteiger charge is 2.28. The van der Waals surface area contributed by atoms with Crippen LogP contribution < -0.4 is 5.32 Å². The van der Waals surface area contributed by atoms with Gasteiger partial charge in [-0.25, -0.2) is 4.79 Å². The second-order valence-electron chi connectivity index (χ2n) is 6.60. The number of ether oxygens (including phenoxy) is 1. The Morgan fingerprint density at radius 3 is 2.25 bits per heavy atom. The Balaban J connectivity index is 1.64. The topological polar surface area (TPSA) is 38.3 Å². The first-order valence-corrected chi connectivity index (χ1v) is 8.79. The van der Waals surface area contributed by atoms with Crippen LogP contribution >= 0.6 is 0 Å². The minimum atomic E-state index is -0.320. The van der Waals surface area contributed by atoms with Crippen molar-refractivity contribution in [3.8, 4) is 11.1 Å². The molecule has 1 unspecified atom stereocenters. The van der Waals surface area contributed by atoms with E-state index >= 15 is 0 Å². The summed E-state index contributed by atoms with van der Waals surface area (Å²) in [5.41, 5.74) is 4.98. The lowest BCUT2D eigenvalue weighted by Gasteiger charge is -2.16. The van der Waals surface area contributed by atoms with Crippen molar-refractivity contribution < 1.29 is 9.53 Å². The summed E-state index contributed by atoms with van der Waals surface area (Å²) in [4.78, 5) is 12.0. The van der Waals surface area contributed by atoms with Crippen LogP contribution in [-0.4, -0.2) is 19.2 Å². The van der Waals surface area contributed by atoms with E-state index in [-0.39, 0.29) is 12.0 Å². The van der Waals surface area contributed by atoms with Crippen molar-refractivity contribution in [1.29, 1.82) is 0 Å². The first-order chi connectivity index (χ1) is 11.7. The molecule has 24 heavy (non-hydrogen) atoms. The summed E-state index contributed by atoms with van der Waals surface area (Å²) < 4.78 is 5.52. The van der Waals surface area contributed by atoms with E-state index in [1.165, 1.54) is 22.3 Å². The van der Waals surface area contributed by atoms with Gasteiger partial charge in [-0.2, -0.15) is 0 Å². The molecule has 1 amide bonds. The lowest BCUT2D eigenvalue weighted by molar-refractivity contribution is 0.141. The summed E-state index contributed by atoms with van der Waals surface area (Å²) in [5, 5.41) is 2.88. The van der Waals surface area contributed by atoms with Gasteiger partial charge in [-0.3, -0.25) is 0 Å². The molecule has 3 heteroatoms. The Hall–Kier alpha value is -2.29. The van der Waals surface area contributed by atoms with E-state index in [1.807, 2.05) is 12.1 Å². The predicted octanol–water partition coefficient (Wildman–Crippen LogP) is 4.96. The Morgan fingerprint density at radius 1 is 1.08 bits per heavy atom. The fourth-order valence-corrected chi connectivity index (χ4v) is 3.50. The lowest BCUT2D eigenvalue weighted by Crippen LogP contribution is -2.30. The SMILES string of the molecule is CCCC(C)CNC(=O)OCC1c2ccccc2-c2ccccc21. The molecule has 1 aliphatic carbocycles. The molecule has 0 saturated heterocycles. The fraction of sp³-hybridized carbons (Fsp3) is 0.381. The smallest absolute Gasteiger partial charge is 0.407 e. The monoisotopic (exact) mass is 323 g/mol. The quantitative estimate of drug-likeness (QED) is 0.816. The van der Waals surface area contributed by atoms with Crippen LogP contribution in [-0.2, 0) is 4.74 Å². The molecule has 0 spiro atoms. The minimum absolute atomic E-state index is 0.121. The lowest BCUT2D eigenvalue weighted by atomic mass is 9.98. The molecular formula is C21H25NO2. The van der Waals surface area contributed by atoms with E-state index in [9.17, 15) is 4.79 Å². The van der Waals surface area contributed by atoms with Crippen molar-refractivity contribution in [3.05, 3.63) is 59.7 Å². The zero-order chi connectivity index (χ0) is 16.9. The van der Waals surface area contributed by atoms with Crippen LogP contribution in [0.3, 0.4) is 0 Å². The molecule has 1 aliphatic rings. The molecule has 2 aromatic rings. The van der Waals surface area contributed by atoms with Gasteiger partial charge >= 0.3 is 6.09 Å². The molecule has 0 aromatic heterocycles. The average molecular weight is 323 g/mol. The number of benzene rings is 2. The van der Waals surface area contributed by atoms with E-state index in [4.69, 9.17) is 4.74 Å². The number of hydrogen-bond acceptors (Lipinski definition) is 2. The summed E-state index contributed by atoms with van der Waals surface area (Å²) in [6.45, 7) is 5.35. The van der Waals surface area contributed by atoms with Gasteiger partial charge in [0, 0.05) is 12.5 Å². The van der Waals surface area contributed by atoms with E-state index in [2.05, 4.69) is 55.6 Å². The van der Waals surface area contributed by atoms with Crippen molar-refractivity contribution >= 4 is 6.09 Å². The molecule has 0 radical (unpaired) electrons. The molecule has 0 saturated carbocycles. The van der Waals surface area contributed by atoms with Crippen molar-refractivity contribution in [3.63, 3.8) is 0 Å². The van der Waals surface area contributed by atoms with Crippen LogP contribution in [0.2, 0.25) is 0 Å². The number of rotatable bonds is 6. The predicted molar refractivity (Wildman–Crippen MR) is 97.1 cm³/mol. The molecule has 0 fully saturated rings. The molecule has 0 bridgehead atoms. The first kappa shape index (κ1) is 16.6. The number of nitrogens with one attached hydrogen (secondary N) is 1. The molecular weight excluding hydrogens is 298 g/mol. The number of fused-ring (bicyclic) bond motifs is 3. The maximum atomic E-state index is 12.0. The maximum absolute atomic E-state index is 12.0. The van der Waals surface area contributed by atoms with Gasteiger partial charge in [-0.15, -0.1) is 0 Å². The third-order valence-corrected chi connectivity index (χ3v) is 4.72. The number of carbonyl (C=O) groups is 1. The van der Waals surface area contributed by atoms with Crippen LogP contribution in [0.1, 0.15) is 43.7 Å². The molecule has 3 nitrogen and oxygen atoms in total. The van der Waals surface area contributed by atoms with Crippen LogP contribution in [0.5, 0.6) is 0 Å². The zero-order valence-corrected chi connectivity index (χ0v) is 14.4. The molecule has 3 rings (SSSR count). The maximum Gasteiger partial charge on any atom is 0.407 e. The zero-order valence-electron chi connectivity index (χ0n) is 14.4. The highest BCUT2D eigenvalue weighted by atomic mass is 16.5. The number of alkyl carbamates (subject to hydrolysis) is 1. The van der Waals surface area contributed by atoms with Gasteiger partial charge < -0.3 is 10.1 Å². The van der Waals surface area contributed by atoms with Crippen LogP contribution in [0.25, 0.3) is 11.1 Å². The van der Waals surface area contributed by atoms with Crippen LogP contribution in [0, 0.1) is 5.92 Å². The average Bonchev–Trinajstić information content (AvgIpc) is 2.92. The summed E-state index contributed by atoms with van der Waals surface area (Å²) in [6.07, 6.45) is 1.93. The van der Waals surface area contributed by atoms with Gasteiger partial charge in [-0.1, -0.05) is 68.8 Å². The first-order valence-electron chi connectivity index (χ1n) is 8.79. The van der Waals surface area contributed by atoms with Crippen molar-refractivity contribution in [1.82, 2.24) is 5.32 Å². The highest BCUT2D eigenvalue weighted by Crippen LogP contribution is 2.44. The van der Waals surface area contributed by atoms with Crippen molar-refractivity contribution in [2.45, 2.75) is 32.6 Å². The Labute approximate surface area is 144 Å². The van der Waals surface area contributed by atoms with Gasteiger partial charge in [0.15, 0.2) is 0 Å². The normalized spacial score (nSPS) is 13.9. The van der Waals surface area contributed by atoms with Gasteiger partial charge in [0.05, 0.1) is 0 Å². The van der Waals surface area contributed by atoms with Crippen LogP contribution in [0.4, 0.5) is 4.79 Å². The van der Waals surface area contributed by atoms with Gasteiger partial charge in [0.2, 0.25) is 0 Å². The molecule has 126 valence electrons. The standard InChI is InChI=1S/C21H25NO2/c1-3-8-15(2)13-22-21(23)24-14-20-18-11-6-4-9-16(18)17-10-5-7-12-19(17)20/h4-7,9-12,15,20H,3,8,13-14H2,1-2H3,(H,22,23). The second kappa shape index (κ2) is 7.52. The fourth-order valence-electron chi connectivity index (χ4n) is 3.50. The molecule has 1 N–H and O–H groups in total. The number of hydrogen-bond donors (Lipinski definition) is 1. The van der Waals surface area contributed by atoms with Gasteiger partial charge in [-0.05, 0) is 34.6 Å². The summed E-state index contributed by atoms with van der Waals surface area (Å²) in [5.74, 6) is 0.603. The minimum Gasteiger partial charge on any atom is -0.449 e. The molecule has 2 aromatic carbocycles. The third kappa shape index (κ3) is 3.45. The van der Waals surface area contributed by atoms with E-state index in [0.29, 0.717) is 19.1 Å². The molecule has 0 heterocycles. The van der Waals surface area contributed by atoms with E-state index < -0.39 is 0 Å². The molecule has 1 atom stereocenters. The number of carbonyl (C=O) groups excluding carboxylic acids is 1. The molecule has 0 aliphatic heterocycles. The second-order valence-corrected chi connectivity index (χ2v) is 6.60. The van der Waals surface area contributed by atoms with Gasteiger partial charge in [0.1, 0.15) is 6.61 Å². The van der Waals surface area contributed by atoms with Gasteiger partial charge in [0.25, 0.3) is 0 Å². The Kier molecular flexibility index (Phi) is 5.19. The van der Waals surface area contributed by atoms with E-state index in [0.717, 1.165) is 12.8 Å². The third-order valence-electron chi connectivity index (χ3n) is 4.72. The van der Waals surface area contributed by atoms with Crippen molar-refractivity contribution in [2.24, 2.45) is 5.92 Å². The highest BCUT2D eigenvalue weighted by molar-refractivity contribution is 5.79. The van der Waals surface area contributed by atoms with E-state index in [1.54, 1.807) is 0 Å². The summed E-state index contributed by atoms with van der Waals surface area (Å²) >= 11 is 0. The van der Waals surface area contributed by atoms with Crippen LogP contribution in [0.15, 0.2) is 48.5 Å². The number of amides is 1.